The topological polar surface area (TPSA) is 86.8 Å². The number of carbonyl (C=O) groups excluding carboxylic acids is 2. The van der Waals surface area contributed by atoms with Crippen molar-refractivity contribution in [2.45, 2.75) is 57.8 Å². The second kappa shape index (κ2) is 15.9. The molecule has 7 nitrogen and oxygen atoms in total. The van der Waals surface area contributed by atoms with Crippen LogP contribution < -0.4 is 9.62 Å². The monoisotopic (exact) mass is 651 g/mol. The number of alkyl halides is 3. The number of benzene rings is 3. The molecule has 3 aromatic rings. The maximum atomic E-state index is 13.8. The van der Waals surface area contributed by atoms with Gasteiger partial charge in [0.05, 0.1) is 17.5 Å². The van der Waals surface area contributed by atoms with Crippen LogP contribution in [0.1, 0.15) is 49.3 Å². The lowest BCUT2D eigenvalue weighted by Crippen LogP contribution is -2.50. The summed E-state index contributed by atoms with van der Waals surface area (Å²) >= 11 is 6.21. The van der Waals surface area contributed by atoms with Crippen LogP contribution in [0.2, 0.25) is 5.02 Å². The maximum Gasteiger partial charge on any atom is 0.416 e. The Balaban J connectivity index is 1.89. The first-order chi connectivity index (χ1) is 20.8. The van der Waals surface area contributed by atoms with Crippen molar-refractivity contribution < 1.29 is 31.2 Å². The summed E-state index contributed by atoms with van der Waals surface area (Å²) in [5.74, 6) is -0.728. The van der Waals surface area contributed by atoms with Crippen LogP contribution in [-0.4, -0.2) is 50.5 Å². The van der Waals surface area contributed by atoms with E-state index in [0.717, 1.165) is 47.2 Å². The van der Waals surface area contributed by atoms with Gasteiger partial charge < -0.3 is 10.2 Å². The highest BCUT2D eigenvalue weighted by Crippen LogP contribution is 2.32. The Morgan fingerprint density at radius 3 is 2.25 bits per heavy atom. The zero-order chi connectivity index (χ0) is 32.3. The largest absolute Gasteiger partial charge is 0.416 e. The van der Waals surface area contributed by atoms with E-state index in [-0.39, 0.29) is 43.9 Å². The van der Waals surface area contributed by atoms with Gasteiger partial charge in [0, 0.05) is 37.5 Å². The molecule has 0 spiro atoms. The fourth-order valence-electron chi connectivity index (χ4n) is 4.73. The Morgan fingerprint density at radius 1 is 0.932 bits per heavy atom. The molecule has 12 heteroatoms. The number of nitrogens with one attached hydrogen (secondary N) is 1. The predicted molar refractivity (Wildman–Crippen MR) is 167 cm³/mol. The lowest BCUT2D eigenvalue weighted by molar-refractivity contribution is -0.141. The minimum absolute atomic E-state index is 0.00368. The van der Waals surface area contributed by atoms with E-state index in [4.69, 9.17) is 11.6 Å². The van der Waals surface area contributed by atoms with Crippen LogP contribution in [0.4, 0.5) is 18.9 Å². The second-order valence-corrected chi connectivity index (χ2v) is 12.8. The number of rotatable bonds is 15. The average Bonchev–Trinajstić information content (AvgIpc) is 2.96. The summed E-state index contributed by atoms with van der Waals surface area (Å²) in [6.07, 6.45) is -2.02. The minimum atomic E-state index is -4.65. The van der Waals surface area contributed by atoms with Gasteiger partial charge >= 0.3 is 6.18 Å². The summed E-state index contributed by atoms with van der Waals surface area (Å²) in [6.45, 7) is 2.28. The van der Waals surface area contributed by atoms with Crippen LogP contribution in [0.15, 0.2) is 78.9 Å². The molecule has 1 atom stereocenters. The zero-order valence-electron chi connectivity index (χ0n) is 24.7. The third-order valence-electron chi connectivity index (χ3n) is 6.96. The Labute approximate surface area is 262 Å². The van der Waals surface area contributed by atoms with Crippen LogP contribution in [0, 0.1) is 0 Å². The number of halogens is 4. The van der Waals surface area contributed by atoms with Crippen molar-refractivity contribution in [1.29, 1.82) is 0 Å². The van der Waals surface area contributed by atoms with Gasteiger partial charge in [0.1, 0.15) is 6.04 Å². The fourth-order valence-corrected chi connectivity index (χ4v) is 5.90. The number of hydrogen-bond acceptors (Lipinski definition) is 4. The van der Waals surface area contributed by atoms with Crippen LogP contribution in [0.25, 0.3) is 0 Å². The highest BCUT2D eigenvalue weighted by Gasteiger charge is 2.32. The van der Waals surface area contributed by atoms with E-state index in [1.165, 1.54) is 11.0 Å². The van der Waals surface area contributed by atoms with Gasteiger partial charge in [0.25, 0.3) is 0 Å². The van der Waals surface area contributed by atoms with Crippen LogP contribution >= 0.6 is 11.6 Å². The summed E-state index contributed by atoms with van der Waals surface area (Å²) in [5, 5.41) is 3.40. The van der Waals surface area contributed by atoms with Crippen molar-refractivity contribution in [1.82, 2.24) is 10.2 Å². The molecule has 1 N–H and O–H groups in total. The molecule has 0 aliphatic rings. The van der Waals surface area contributed by atoms with Crippen molar-refractivity contribution >= 4 is 39.1 Å². The third kappa shape index (κ3) is 10.6. The van der Waals surface area contributed by atoms with Gasteiger partial charge in [-0.1, -0.05) is 73.5 Å². The Hall–Kier alpha value is -3.57. The first kappa shape index (κ1) is 34.9. The van der Waals surface area contributed by atoms with E-state index >= 15 is 0 Å². The number of anilines is 1. The molecule has 0 saturated carbocycles. The average molecular weight is 652 g/mol. The molecular formula is C32H37ClF3N3O4S. The van der Waals surface area contributed by atoms with Crippen LogP contribution in [0.5, 0.6) is 0 Å². The summed E-state index contributed by atoms with van der Waals surface area (Å²) < 4.78 is 66.0. The maximum absolute atomic E-state index is 13.8. The van der Waals surface area contributed by atoms with E-state index in [9.17, 15) is 31.2 Å². The first-order valence-corrected chi connectivity index (χ1v) is 16.5. The highest BCUT2D eigenvalue weighted by molar-refractivity contribution is 7.92. The Morgan fingerprint density at radius 2 is 1.61 bits per heavy atom. The molecule has 44 heavy (non-hydrogen) atoms. The summed E-state index contributed by atoms with van der Waals surface area (Å²) in [6, 6.07) is 19.4. The van der Waals surface area contributed by atoms with Gasteiger partial charge in [0.15, 0.2) is 0 Å². The second-order valence-electron chi connectivity index (χ2n) is 10.5. The predicted octanol–water partition coefficient (Wildman–Crippen LogP) is 6.46. The number of carbonyl (C=O) groups is 2. The van der Waals surface area contributed by atoms with Crippen molar-refractivity contribution in [3.8, 4) is 0 Å². The summed E-state index contributed by atoms with van der Waals surface area (Å²) in [7, 11) is -3.97. The SMILES string of the molecule is CCCCNC(=O)C(Cc1ccccc1)N(Cc1cccc(Cl)c1)C(=O)CCCN(c1cccc(C(F)(F)F)c1)S(C)(=O)=O. The van der Waals surface area contributed by atoms with Crippen molar-refractivity contribution in [2.75, 3.05) is 23.7 Å². The van der Waals surface area contributed by atoms with Crippen LogP contribution in [-0.2, 0) is 38.8 Å². The molecule has 0 radical (unpaired) electrons. The third-order valence-corrected chi connectivity index (χ3v) is 8.39. The number of hydrogen-bond donors (Lipinski definition) is 1. The Bertz CT molecular complexity index is 1500. The normalized spacial score (nSPS) is 12.4. The molecule has 3 aromatic carbocycles. The molecule has 0 saturated heterocycles. The molecule has 0 aromatic heterocycles. The molecule has 0 aliphatic heterocycles. The van der Waals surface area contributed by atoms with E-state index in [1.54, 1.807) is 24.3 Å². The smallest absolute Gasteiger partial charge is 0.354 e. The van der Waals surface area contributed by atoms with Gasteiger partial charge in [-0.15, -0.1) is 0 Å². The summed E-state index contributed by atoms with van der Waals surface area (Å²) in [5.41, 5.74) is 0.417. The van der Waals surface area contributed by atoms with E-state index in [2.05, 4.69) is 5.32 Å². The standard InChI is InChI=1S/C32H37ClF3N3O4S/c1-3-4-18-37-31(41)29(21-24-11-6-5-7-12-24)38(23-25-13-8-15-27(33)20-25)30(40)17-10-19-39(44(2,42)43)28-16-9-14-26(22-28)32(34,35)36/h5-9,11-16,20,22,29H,3-4,10,17-19,21,23H2,1-2H3,(H,37,41). The van der Waals surface area contributed by atoms with Gasteiger partial charge in [-0.25, -0.2) is 8.42 Å². The quantitative estimate of drug-likeness (QED) is 0.191. The highest BCUT2D eigenvalue weighted by atomic mass is 35.5. The number of unbranched alkanes of at least 4 members (excludes halogenated alkanes) is 1. The van der Waals surface area contributed by atoms with Gasteiger partial charge in [-0.3, -0.25) is 13.9 Å². The lowest BCUT2D eigenvalue weighted by atomic mass is 10.0. The Kier molecular flexibility index (Phi) is 12.7. The molecule has 0 fully saturated rings. The summed E-state index contributed by atoms with van der Waals surface area (Å²) in [4.78, 5) is 28.8. The first-order valence-electron chi connectivity index (χ1n) is 14.3. The zero-order valence-corrected chi connectivity index (χ0v) is 26.3. The van der Waals surface area contributed by atoms with E-state index in [0.29, 0.717) is 17.1 Å². The molecule has 2 amide bonds. The molecule has 3 rings (SSSR count). The molecule has 238 valence electrons. The van der Waals surface area contributed by atoms with Gasteiger partial charge in [0.2, 0.25) is 21.8 Å². The van der Waals surface area contributed by atoms with Crippen LogP contribution in [0.3, 0.4) is 0 Å². The van der Waals surface area contributed by atoms with Crippen molar-refractivity contribution in [3.05, 3.63) is 101 Å². The fraction of sp³-hybridized carbons (Fsp3) is 0.375. The molecule has 0 heterocycles. The molecular weight excluding hydrogens is 615 g/mol. The van der Waals surface area contributed by atoms with Gasteiger partial charge in [-0.05, 0) is 54.3 Å². The van der Waals surface area contributed by atoms with E-state index in [1.807, 2.05) is 37.3 Å². The van der Waals surface area contributed by atoms with Crippen molar-refractivity contribution in [3.63, 3.8) is 0 Å². The van der Waals surface area contributed by atoms with Gasteiger partial charge in [-0.2, -0.15) is 13.2 Å². The number of amides is 2. The number of sulfonamides is 1. The molecule has 1 unspecified atom stereocenters. The van der Waals surface area contributed by atoms with E-state index < -0.39 is 33.7 Å². The minimum Gasteiger partial charge on any atom is -0.354 e. The number of nitrogens with zero attached hydrogens (tertiary/aromatic N) is 2. The molecule has 0 bridgehead atoms. The van der Waals surface area contributed by atoms with Crippen molar-refractivity contribution in [2.24, 2.45) is 0 Å². The molecule has 0 aliphatic carbocycles. The lowest BCUT2D eigenvalue weighted by Gasteiger charge is -2.32.